The molecule has 1 aliphatic rings. The van der Waals surface area contributed by atoms with Crippen molar-refractivity contribution in [1.82, 2.24) is 15.2 Å². The summed E-state index contributed by atoms with van der Waals surface area (Å²) in [6.07, 6.45) is 1.66. The number of aromatic nitrogens is 1. The molecule has 128 valence electrons. The Balaban J connectivity index is 1.59. The number of carbonyl (C=O) groups is 2. The molecule has 3 N–H and O–H groups in total. The van der Waals surface area contributed by atoms with Crippen LogP contribution in [-0.4, -0.2) is 47.4 Å². The second-order valence-corrected chi connectivity index (χ2v) is 7.85. The summed E-state index contributed by atoms with van der Waals surface area (Å²) in [6.45, 7) is 3.71. The van der Waals surface area contributed by atoms with Crippen LogP contribution in [0.3, 0.4) is 0 Å². The smallest absolute Gasteiger partial charge is 0.263 e. The Kier molecular flexibility index (Phi) is 5.27. The van der Waals surface area contributed by atoms with Gasteiger partial charge in [-0.15, -0.1) is 22.7 Å². The van der Waals surface area contributed by atoms with Crippen LogP contribution in [0.2, 0.25) is 0 Å². The number of hydrogen-bond donors (Lipinski definition) is 2. The minimum Gasteiger partial charge on any atom is -0.369 e. The number of carbonyl (C=O) groups excluding carboxylic acids is 2. The number of hydrogen-bond acceptors (Lipinski definition) is 6. The molecule has 0 spiro atoms. The van der Waals surface area contributed by atoms with Crippen LogP contribution in [0.5, 0.6) is 0 Å². The molecule has 0 saturated carbocycles. The van der Waals surface area contributed by atoms with E-state index in [4.69, 9.17) is 5.73 Å². The third kappa shape index (κ3) is 4.00. The summed E-state index contributed by atoms with van der Waals surface area (Å²) in [5, 5.41) is 6.00. The predicted octanol–water partition coefficient (Wildman–Crippen LogP) is 1.86. The van der Waals surface area contributed by atoms with Crippen LogP contribution in [0.25, 0.3) is 9.88 Å². The van der Waals surface area contributed by atoms with E-state index in [1.165, 1.54) is 11.3 Å². The van der Waals surface area contributed by atoms with Gasteiger partial charge in [-0.05, 0) is 31.2 Å². The first-order valence-electron chi connectivity index (χ1n) is 7.85. The van der Waals surface area contributed by atoms with Crippen LogP contribution in [0, 0.1) is 6.92 Å². The van der Waals surface area contributed by atoms with Gasteiger partial charge in [0.25, 0.3) is 5.91 Å². The van der Waals surface area contributed by atoms with E-state index in [2.05, 4.69) is 10.3 Å². The van der Waals surface area contributed by atoms with E-state index < -0.39 is 0 Å². The zero-order valence-corrected chi connectivity index (χ0v) is 15.1. The fraction of sp³-hybridized carbons (Fsp3) is 0.438. The third-order valence-corrected chi connectivity index (χ3v) is 6.23. The number of thiazole rings is 1. The molecule has 2 aromatic rings. The van der Waals surface area contributed by atoms with Gasteiger partial charge in [-0.3, -0.25) is 14.5 Å². The molecule has 0 aromatic carbocycles. The summed E-state index contributed by atoms with van der Waals surface area (Å²) >= 11 is 3.06. The van der Waals surface area contributed by atoms with Crippen molar-refractivity contribution in [1.29, 1.82) is 0 Å². The highest BCUT2D eigenvalue weighted by molar-refractivity contribution is 7.22. The summed E-state index contributed by atoms with van der Waals surface area (Å²) in [5.41, 5.74) is 5.99. The van der Waals surface area contributed by atoms with Gasteiger partial charge >= 0.3 is 0 Å². The maximum atomic E-state index is 12.6. The van der Waals surface area contributed by atoms with E-state index in [-0.39, 0.29) is 17.9 Å². The number of nitrogens with zero attached hydrogens (tertiary/aromatic N) is 2. The Labute approximate surface area is 148 Å². The number of amides is 2. The lowest BCUT2D eigenvalue weighted by atomic mass is 10.0. The third-order valence-electron chi connectivity index (χ3n) is 4.04. The zero-order valence-electron chi connectivity index (χ0n) is 13.4. The largest absolute Gasteiger partial charge is 0.369 e. The molecule has 1 fully saturated rings. The van der Waals surface area contributed by atoms with Gasteiger partial charge in [0.05, 0.1) is 17.1 Å². The Morgan fingerprint density at radius 2 is 2.17 bits per heavy atom. The molecule has 3 heterocycles. The standard InChI is InChI=1S/C16H20N4O2S2/c1-10-14(24-16(18-10)12-3-2-8-23-12)15(22)19-11-4-6-20(7-5-11)9-13(17)21/h2-3,8,11H,4-7,9H2,1H3,(H2,17,21)(H,19,22). The van der Waals surface area contributed by atoms with E-state index >= 15 is 0 Å². The first-order chi connectivity index (χ1) is 11.5. The van der Waals surface area contributed by atoms with Crippen molar-refractivity contribution in [3.05, 3.63) is 28.1 Å². The molecule has 0 atom stereocenters. The molecular weight excluding hydrogens is 344 g/mol. The maximum absolute atomic E-state index is 12.6. The number of rotatable bonds is 5. The van der Waals surface area contributed by atoms with E-state index in [1.807, 2.05) is 29.3 Å². The monoisotopic (exact) mass is 364 g/mol. The first-order valence-corrected chi connectivity index (χ1v) is 9.55. The molecule has 1 saturated heterocycles. The van der Waals surface area contributed by atoms with Crippen molar-refractivity contribution in [2.24, 2.45) is 5.73 Å². The predicted molar refractivity (Wildman–Crippen MR) is 96.3 cm³/mol. The molecule has 8 heteroatoms. The fourth-order valence-electron chi connectivity index (χ4n) is 2.82. The number of piperidine rings is 1. The van der Waals surface area contributed by atoms with Gasteiger partial charge in [0, 0.05) is 19.1 Å². The number of likely N-dealkylation sites (tertiary alicyclic amines) is 1. The van der Waals surface area contributed by atoms with E-state index in [9.17, 15) is 9.59 Å². The van der Waals surface area contributed by atoms with E-state index in [0.717, 1.165) is 41.5 Å². The molecule has 0 radical (unpaired) electrons. The summed E-state index contributed by atoms with van der Waals surface area (Å²) < 4.78 is 0. The van der Waals surface area contributed by atoms with Crippen molar-refractivity contribution >= 4 is 34.5 Å². The van der Waals surface area contributed by atoms with Crippen LogP contribution >= 0.6 is 22.7 Å². The number of aryl methyl sites for hydroxylation is 1. The second kappa shape index (κ2) is 7.42. The summed E-state index contributed by atoms with van der Waals surface area (Å²) in [7, 11) is 0. The lowest BCUT2D eigenvalue weighted by Crippen LogP contribution is -2.46. The van der Waals surface area contributed by atoms with Crippen molar-refractivity contribution in [3.8, 4) is 9.88 Å². The minimum absolute atomic E-state index is 0.0545. The molecule has 2 aromatic heterocycles. The topological polar surface area (TPSA) is 88.3 Å². The number of primary amides is 1. The quantitative estimate of drug-likeness (QED) is 0.848. The average Bonchev–Trinajstić information content (AvgIpc) is 3.18. The van der Waals surface area contributed by atoms with Crippen molar-refractivity contribution < 1.29 is 9.59 Å². The summed E-state index contributed by atoms with van der Waals surface area (Å²) in [5.74, 6) is -0.361. The summed E-state index contributed by atoms with van der Waals surface area (Å²) in [6, 6.07) is 4.13. The Morgan fingerprint density at radius 1 is 1.42 bits per heavy atom. The number of nitrogens with one attached hydrogen (secondary N) is 1. The maximum Gasteiger partial charge on any atom is 0.263 e. The van der Waals surface area contributed by atoms with Gasteiger partial charge in [0.15, 0.2) is 0 Å². The molecule has 3 rings (SSSR count). The summed E-state index contributed by atoms with van der Waals surface area (Å²) in [4.78, 5) is 31.8. The number of nitrogens with two attached hydrogens (primary N) is 1. The lowest BCUT2D eigenvalue weighted by molar-refractivity contribution is -0.119. The lowest BCUT2D eigenvalue weighted by Gasteiger charge is -2.31. The van der Waals surface area contributed by atoms with Crippen molar-refractivity contribution in [2.45, 2.75) is 25.8 Å². The van der Waals surface area contributed by atoms with Gasteiger partial charge in [-0.1, -0.05) is 6.07 Å². The van der Waals surface area contributed by atoms with E-state index in [0.29, 0.717) is 11.4 Å². The average molecular weight is 364 g/mol. The van der Waals surface area contributed by atoms with Gasteiger partial charge in [0.1, 0.15) is 9.88 Å². The Morgan fingerprint density at radius 3 is 2.79 bits per heavy atom. The first kappa shape index (κ1) is 17.1. The Bertz CT molecular complexity index is 719. The number of thiophene rings is 1. The highest BCUT2D eigenvalue weighted by Crippen LogP contribution is 2.31. The fourth-order valence-corrected chi connectivity index (χ4v) is 4.59. The normalized spacial score (nSPS) is 16.2. The van der Waals surface area contributed by atoms with Crippen LogP contribution in [0.1, 0.15) is 28.2 Å². The van der Waals surface area contributed by atoms with Crippen molar-refractivity contribution in [2.75, 3.05) is 19.6 Å². The Hall–Kier alpha value is -1.77. The molecule has 0 bridgehead atoms. The molecule has 24 heavy (non-hydrogen) atoms. The minimum atomic E-state index is -0.307. The van der Waals surface area contributed by atoms with Crippen molar-refractivity contribution in [3.63, 3.8) is 0 Å². The van der Waals surface area contributed by atoms with Gasteiger partial charge in [0.2, 0.25) is 5.91 Å². The van der Waals surface area contributed by atoms with Crippen LogP contribution in [-0.2, 0) is 4.79 Å². The molecule has 0 unspecified atom stereocenters. The molecular formula is C16H20N4O2S2. The van der Waals surface area contributed by atoms with Crippen LogP contribution < -0.4 is 11.1 Å². The van der Waals surface area contributed by atoms with Gasteiger partial charge in [-0.25, -0.2) is 4.98 Å². The zero-order chi connectivity index (χ0) is 17.1. The highest BCUT2D eigenvalue weighted by atomic mass is 32.1. The highest BCUT2D eigenvalue weighted by Gasteiger charge is 2.24. The van der Waals surface area contributed by atoms with Gasteiger partial charge < -0.3 is 11.1 Å². The second-order valence-electron chi connectivity index (χ2n) is 5.90. The SMILES string of the molecule is Cc1nc(-c2cccs2)sc1C(=O)NC1CCN(CC(N)=O)CC1. The van der Waals surface area contributed by atoms with Crippen LogP contribution in [0.15, 0.2) is 17.5 Å². The van der Waals surface area contributed by atoms with Gasteiger partial charge in [-0.2, -0.15) is 0 Å². The van der Waals surface area contributed by atoms with E-state index in [1.54, 1.807) is 11.3 Å². The molecule has 1 aliphatic heterocycles. The molecule has 6 nitrogen and oxygen atoms in total. The molecule has 2 amide bonds. The van der Waals surface area contributed by atoms with Crippen LogP contribution in [0.4, 0.5) is 0 Å². The molecule has 0 aliphatic carbocycles.